The van der Waals surface area contributed by atoms with E-state index in [9.17, 15) is 0 Å². The molecule has 17 heavy (non-hydrogen) atoms. The molecule has 0 aromatic heterocycles. The van der Waals surface area contributed by atoms with Crippen LogP contribution in [-0.4, -0.2) is 19.7 Å². The van der Waals surface area contributed by atoms with Gasteiger partial charge in [0.25, 0.3) is 0 Å². The van der Waals surface area contributed by atoms with Gasteiger partial charge in [-0.15, -0.1) is 0 Å². The lowest BCUT2D eigenvalue weighted by Crippen LogP contribution is -2.29. The van der Waals surface area contributed by atoms with Gasteiger partial charge in [-0.2, -0.15) is 0 Å². The largest absolute Gasteiger partial charge is 0.490 e. The molecule has 0 heterocycles. The standard InChI is InChI=1S/C15H23NO/c1-11-7-8-12(2)15(9-11)17-14-6-4-5-13(14)10-16-3/h7-9,13-14,16H,4-6,10H2,1-3H3. The zero-order chi connectivity index (χ0) is 12.3. The fourth-order valence-electron chi connectivity index (χ4n) is 2.65. The topological polar surface area (TPSA) is 21.3 Å². The van der Waals surface area contributed by atoms with E-state index in [4.69, 9.17) is 4.74 Å². The lowest BCUT2D eigenvalue weighted by molar-refractivity contribution is 0.157. The van der Waals surface area contributed by atoms with Crippen molar-refractivity contribution < 1.29 is 4.74 Å². The molecule has 1 aromatic carbocycles. The number of hydrogen-bond donors (Lipinski definition) is 1. The lowest BCUT2D eigenvalue weighted by Gasteiger charge is -2.22. The molecule has 94 valence electrons. The van der Waals surface area contributed by atoms with E-state index < -0.39 is 0 Å². The molecule has 2 unspecified atom stereocenters. The predicted octanol–water partition coefficient (Wildman–Crippen LogP) is 3.07. The molecule has 1 saturated carbocycles. The van der Waals surface area contributed by atoms with Crippen LogP contribution in [0.4, 0.5) is 0 Å². The first-order valence-electron chi connectivity index (χ1n) is 6.59. The van der Waals surface area contributed by atoms with E-state index in [1.165, 1.54) is 30.4 Å². The molecular weight excluding hydrogens is 210 g/mol. The Morgan fingerprint density at radius 2 is 2.12 bits per heavy atom. The smallest absolute Gasteiger partial charge is 0.122 e. The average Bonchev–Trinajstić information content (AvgIpc) is 2.72. The Hall–Kier alpha value is -1.02. The Morgan fingerprint density at radius 1 is 1.29 bits per heavy atom. The molecule has 2 heteroatoms. The first-order chi connectivity index (χ1) is 8.20. The molecule has 1 aromatic rings. The first-order valence-corrected chi connectivity index (χ1v) is 6.59. The number of ether oxygens (including phenoxy) is 1. The van der Waals surface area contributed by atoms with E-state index >= 15 is 0 Å². The lowest BCUT2D eigenvalue weighted by atomic mass is 10.1. The minimum atomic E-state index is 0.392. The first kappa shape index (κ1) is 12.4. The molecule has 1 N–H and O–H groups in total. The second kappa shape index (κ2) is 5.54. The Kier molecular flexibility index (Phi) is 4.06. The van der Waals surface area contributed by atoms with Crippen molar-refractivity contribution in [2.24, 2.45) is 5.92 Å². The molecule has 1 fully saturated rings. The van der Waals surface area contributed by atoms with E-state index in [-0.39, 0.29) is 0 Å². The summed E-state index contributed by atoms with van der Waals surface area (Å²) in [5.74, 6) is 1.73. The van der Waals surface area contributed by atoms with Gasteiger partial charge in [-0.25, -0.2) is 0 Å². The van der Waals surface area contributed by atoms with Crippen LogP contribution in [0.2, 0.25) is 0 Å². The van der Waals surface area contributed by atoms with Gasteiger partial charge in [-0.05, 0) is 57.4 Å². The van der Waals surface area contributed by atoms with Crippen molar-refractivity contribution in [2.45, 2.75) is 39.2 Å². The summed E-state index contributed by atoms with van der Waals surface area (Å²) in [6.07, 6.45) is 4.17. The van der Waals surface area contributed by atoms with Gasteiger partial charge in [0.2, 0.25) is 0 Å². The summed E-state index contributed by atoms with van der Waals surface area (Å²) in [5, 5.41) is 3.27. The fourth-order valence-corrected chi connectivity index (χ4v) is 2.65. The molecule has 2 atom stereocenters. The highest BCUT2D eigenvalue weighted by Crippen LogP contribution is 2.31. The van der Waals surface area contributed by atoms with Crippen molar-refractivity contribution in [1.29, 1.82) is 0 Å². The normalized spacial score (nSPS) is 23.9. The molecule has 0 spiro atoms. The maximum Gasteiger partial charge on any atom is 0.122 e. The van der Waals surface area contributed by atoms with Crippen LogP contribution in [0, 0.1) is 19.8 Å². The zero-order valence-corrected chi connectivity index (χ0v) is 11.1. The van der Waals surface area contributed by atoms with Gasteiger partial charge in [0.1, 0.15) is 11.9 Å². The van der Waals surface area contributed by atoms with Crippen molar-refractivity contribution in [3.63, 3.8) is 0 Å². The van der Waals surface area contributed by atoms with Gasteiger partial charge < -0.3 is 10.1 Å². The van der Waals surface area contributed by atoms with Crippen LogP contribution in [0.5, 0.6) is 5.75 Å². The van der Waals surface area contributed by atoms with Gasteiger partial charge in [0, 0.05) is 12.5 Å². The van der Waals surface area contributed by atoms with Crippen LogP contribution in [0.15, 0.2) is 18.2 Å². The number of hydrogen-bond acceptors (Lipinski definition) is 2. The van der Waals surface area contributed by atoms with Crippen LogP contribution < -0.4 is 10.1 Å². The molecule has 0 amide bonds. The molecule has 0 saturated heterocycles. The van der Waals surface area contributed by atoms with Crippen molar-refractivity contribution >= 4 is 0 Å². The summed E-state index contributed by atoms with van der Waals surface area (Å²) in [4.78, 5) is 0. The maximum atomic E-state index is 6.21. The van der Waals surface area contributed by atoms with E-state index in [2.05, 4.69) is 37.4 Å². The Balaban J connectivity index is 2.06. The third-order valence-electron chi connectivity index (χ3n) is 3.68. The zero-order valence-electron chi connectivity index (χ0n) is 11.1. The van der Waals surface area contributed by atoms with Gasteiger partial charge in [-0.3, -0.25) is 0 Å². The van der Waals surface area contributed by atoms with Gasteiger partial charge in [0.15, 0.2) is 0 Å². The second-order valence-corrected chi connectivity index (χ2v) is 5.17. The highest BCUT2D eigenvalue weighted by atomic mass is 16.5. The van der Waals surface area contributed by atoms with Crippen LogP contribution in [0.3, 0.4) is 0 Å². The van der Waals surface area contributed by atoms with Crippen molar-refractivity contribution in [1.82, 2.24) is 5.32 Å². The summed E-state index contributed by atoms with van der Waals surface area (Å²) in [6, 6.07) is 6.44. The molecular formula is C15H23NO. The third kappa shape index (κ3) is 3.01. The quantitative estimate of drug-likeness (QED) is 0.863. The summed E-state index contributed by atoms with van der Waals surface area (Å²) < 4.78 is 6.21. The van der Waals surface area contributed by atoms with Crippen LogP contribution in [0.1, 0.15) is 30.4 Å². The number of aryl methyl sites for hydroxylation is 2. The highest BCUT2D eigenvalue weighted by Gasteiger charge is 2.28. The highest BCUT2D eigenvalue weighted by molar-refractivity contribution is 5.36. The van der Waals surface area contributed by atoms with E-state index in [0.717, 1.165) is 12.3 Å². The summed E-state index contributed by atoms with van der Waals surface area (Å²) >= 11 is 0. The number of nitrogens with one attached hydrogen (secondary N) is 1. The second-order valence-electron chi connectivity index (χ2n) is 5.17. The van der Waals surface area contributed by atoms with Gasteiger partial charge >= 0.3 is 0 Å². The van der Waals surface area contributed by atoms with Crippen LogP contribution >= 0.6 is 0 Å². The Labute approximate surface area is 104 Å². The minimum Gasteiger partial charge on any atom is -0.490 e. The Morgan fingerprint density at radius 3 is 2.88 bits per heavy atom. The summed E-state index contributed by atoms with van der Waals surface area (Å²) in [7, 11) is 2.02. The minimum absolute atomic E-state index is 0.392. The molecule has 2 rings (SSSR count). The monoisotopic (exact) mass is 233 g/mol. The summed E-state index contributed by atoms with van der Waals surface area (Å²) in [5.41, 5.74) is 2.51. The molecule has 2 nitrogen and oxygen atoms in total. The fraction of sp³-hybridized carbons (Fsp3) is 0.600. The maximum absolute atomic E-state index is 6.21. The average molecular weight is 233 g/mol. The van der Waals surface area contributed by atoms with Gasteiger partial charge in [0.05, 0.1) is 0 Å². The molecule has 0 bridgehead atoms. The van der Waals surface area contributed by atoms with Crippen LogP contribution in [0.25, 0.3) is 0 Å². The van der Waals surface area contributed by atoms with Gasteiger partial charge in [-0.1, -0.05) is 12.1 Å². The van der Waals surface area contributed by atoms with Crippen molar-refractivity contribution in [2.75, 3.05) is 13.6 Å². The number of rotatable bonds is 4. The third-order valence-corrected chi connectivity index (χ3v) is 3.68. The molecule has 0 aliphatic heterocycles. The predicted molar refractivity (Wildman–Crippen MR) is 71.6 cm³/mol. The van der Waals surface area contributed by atoms with Crippen molar-refractivity contribution in [3.8, 4) is 5.75 Å². The van der Waals surface area contributed by atoms with Crippen LogP contribution in [-0.2, 0) is 0 Å². The molecule has 1 aliphatic rings. The number of benzene rings is 1. The summed E-state index contributed by atoms with van der Waals surface area (Å²) in [6.45, 7) is 5.30. The van der Waals surface area contributed by atoms with Crippen molar-refractivity contribution in [3.05, 3.63) is 29.3 Å². The molecule has 1 aliphatic carbocycles. The van der Waals surface area contributed by atoms with E-state index in [1.807, 2.05) is 7.05 Å². The molecule has 0 radical (unpaired) electrons. The SMILES string of the molecule is CNCC1CCCC1Oc1cc(C)ccc1C. The van der Waals surface area contributed by atoms with E-state index in [0.29, 0.717) is 12.0 Å². The van der Waals surface area contributed by atoms with E-state index in [1.54, 1.807) is 0 Å². The Bertz CT molecular complexity index is 375.